The maximum atomic E-state index is 13.0. The van der Waals surface area contributed by atoms with Gasteiger partial charge in [0.2, 0.25) is 0 Å². The Hall–Kier alpha value is -4.48. The SMILES string of the molecule is CCOC(=O)c1cn2c(cc1=O)-c1cc(OC)c(OCCOCCOCCN3C(=O)c4ccccc4C3=O)cc1CC2C(C)(C)C. The van der Waals surface area contributed by atoms with E-state index in [9.17, 15) is 19.2 Å². The molecule has 2 aliphatic rings. The first kappa shape index (κ1) is 32.9. The van der Waals surface area contributed by atoms with Crippen LogP contribution in [0.3, 0.4) is 0 Å². The van der Waals surface area contributed by atoms with Crippen molar-refractivity contribution in [2.45, 2.75) is 40.2 Å². The highest BCUT2D eigenvalue weighted by molar-refractivity contribution is 6.21. The van der Waals surface area contributed by atoms with Gasteiger partial charge in [0.15, 0.2) is 16.9 Å². The van der Waals surface area contributed by atoms with E-state index in [1.54, 1.807) is 44.5 Å². The molecule has 3 aromatic rings. The Balaban J connectivity index is 1.16. The smallest absolute Gasteiger partial charge is 0.343 e. The van der Waals surface area contributed by atoms with Crippen LogP contribution >= 0.6 is 0 Å². The number of esters is 1. The number of carbonyl (C=O) groups is 3. The molecule has 1 aromatic heterocycles. The average molecular weight is 633 g/mol. The second kappa shape index (κ2) is 13.9. The van der Waals surface area contributed by atoms with Gasteiger partial charge >= 0.3 is 5.97 Å². The summed E-state index contributed by atoms with van der Waals surface area (Å²) in [5, 5.41) is 0. The quantitative estimate of drug-likeness (QED) is 0.152. The molecule has 2 aliphatic heterocycles. The van der Waals surface area contributed by atoms with Crippen LogP contribution in [0.1, 0.15) is 70.4 Å². The van der Waals surface area contributed by atoms with Gasteiger partial charge in [0.25, 0.3) is 11.8 Å². The highest BCUT2D eigenvalue weighted by atomic mass is 16.6. The van der Waals surface area contributed by atoms with Crippen molar-refractivity contribution < 1.29 is 38.1 Å². The summed E-state index contributed by atoms with van der Waals surface area (Å²) in [5.74, 6) is -0.153. The molecule has 0 saturated carbocycles. The Bertz CT molecular complexity index is 1650. The summed E-state index contributed by atoms with van der Waals surface area (Å²) in [6.07, 6.45) is 2.28. The molecule has 11 nitrogen and oxygen atoms in total. The number of benzene rings is 2. The summed E-state index contributed by atoms with van der Waals surface area (Å²) in [5.41, 5.74) is 2.83. The molecule has 3 heterocycles. The fourth-order valence-electron chi connectivity index (χ4n) is 5.83. The monoisotopic (exact) mass is 632 g/mol. The highest BCUT2D eigenvalue weighted by Crippen LogP contribution is 2.45. The van der Waals surface area contributed by atoms with Crippen LogP contribution in [0.4, 0.5) is 0 Å². The summed E-state index contributed by atoms with van der Waals surface area (Å²) in [6.45, 7) is 9.86. The molecular formula is C35H40N2O9. The normalized spacial score (nSPS) is 15.3. The molecule has 1 unspecified atom stereocenters. The molecule has 0 N–H and O–H groups in total. The molecule has 0 radical (unpaired) electrons. The van der Waals surface area contributed by atoms with Crippen molar-refractivity contribution in [3.05, 3.63) is 81.1 Å². The lowest BCUT2D eigenvalue weighted by atomic mass is 9.78. The van der Waals surface area contributed by atoms with Crippen LogP contribution in [-0.2, 0) is 20.6 Å². The molecule has 2 amide bonds. The summed E-state index contributed by atoms with van der Waals surface area (Å²) in [4.78, 5) is 51.6. The molecule has 0 bridgehead atoms. The van der Waals surface area contributed by atoms with Crippen molar-refractivity contribution in [3.8, 4) is 22.8 Å². The number of ether oxygens (including phenoxy) is 5. The van der Waals surface area contributed by atoms with Gasteiger partial charge in [-0.1, -0.05) is 32.9 Å². The second-order valence-electron chi connectivity index (χ2n) is 12.2. The number of hydrogen-bond acceptors (Lipinski definition) is 9. The number of rotatable bonds is 13. The third kappa shape index (κ3) is 6.70. The Kier molecular flexibility index (Phi) is 9.93. The predicted molar refractivity (Wildman–Crippen MR) is 170 cm³/mol. The van der Waals surface area contributed by atoms with E-state index in [1.165, 1.54) is 11.0 Å². The first-order valence-electron chi connectivity index (χ1n) is 15.4. The van der Waals surface area contributed by atoms with Crippen molar-refractivity contribution in [2.75, 3.05) is 53.3 Å². The van der Waals surface area contributed by atoms with Crippen molar-refractivity contribution >= 4 is 17.8 Å². The van der Waals surface area contributed by atoms with Gasteiger partial charge < -0.3 is 28.3 Å². The third-order valence-corrected chi connectivity index (χ3v) is 8.18. The predicted octanol–water partition coefficient (Wildman–Crippen LogP) is 4.55. The number of nitrogens with zero attached hydrogens (tertiary/aromatic N) is 2. The number of fused-ring (bicyclic) bond motifs is 4. The maximum Gasteiger partial charge on any atom is 0.343 e. The molecular weight excluding hydrogens is 592 g/mol. The lowest BCUT2D eigenvalue weighted by Gasteiger charge is -2.39. The van der Waals surface area contributed by atoms with Gasteiger partial charge in [0.1, 0.15) is 12.2 Å². The molecule has 1 atom stereocenters. The Morgan fingerprint density at radius 2 is 1.52 bits per heavy atom. The van der Waals surface area contributed by atoms with Crippen LogP contribution in [-0.4, -0.2) is 80.5 Å². The molecule has 2 aromatic carbocycles. The van der Waals surface area contributed by atoms with Gasteiger partial charge in [-0.3, -0.25) is 19.3 Å². The van der Waals surface area contributed by atoms with E-state index in [-0.39, 0.29) is 55.2 Å². The van der Waals surface area contributed by atoms with Crippen molar-refractivity contribution in [2.24, 2.45) is 5.41 Å². The second-order valence-corrected chi connectivity index (χ2v) is 12.2. The van der Waals surface area contributed by atoms with Crippen molar-refractivity contribution in [3.63, 3.8) is 0 Å². The summed E-state index contributed by atoms with van der Waals surface area (Å²) in [6, 6.07) is 12.1. The van der Waals surface area contributed by atoms with E-state index >= 15 is 0 Å². The van der Waals surface area contributed by atoms with Gasteiger partial charge in [-0.15, -0.1) is 0 Å². The fourth-order valence-corrected chi connectivity index (χ4v) is 5.83. The minimum atomic E-state index is -0.627. The molecule has 0 fully saturated rings. The minimum absolute atomic E-state index is 0.0170. The standard InChI is InChI=1S/C35H40N2O9/c1-6-45-34(41)26-21-37-27(20-28(26)38)25-19-29(42-5)30(17-22(25)18-31(37)35(2,3)4)46-16-15-44-14-13-43-12-11-36-32(39)23-9-7-8-10-24(23)33(36)40/h7-10,17,19-21,31H,6,11-16,18H2,1-5H3. The first-order valence-corrected chi connectivity index (χ1v) is 15.4. The highest BCUT2D eigenvalue weighted by Gasteiger charge is 2.35. The Morgan fingerprint density at radius 3 is 2.15 bits per heavy atom. The van der Waals surface area contributed by atoms with Crippen LogP contribution < -0.4 is 14.9 Å². The largest absolute Gasteiger partial charge is 0.493 e. The molecule has 5 rings (SSSR count). The van der Waals surface area contributed by atoms with Crippen molar-refractivity contribution in [1.29, 1.82) is 0 Å². The van der Waals surface area contributed by atoms with E-state index < -0.39 is 11.4 Å². The minimum Gasteiger partial charge on any atom is -0.493 e. The number of pyridine rings is 1. The number of imide groups is 1. The first-order chi connectivity index (χ1) is 22.0. The summed E-state index contributed by atoms with van der Waals surface area (Å²) in [7, 11) is 1.56. The van der Waals surface area contributed by atoms with Gasteiger partial charge in [-0.05, 0) is 48.6 Å². The zero-order valence-corrected chi connectivity index (χ0v) is 26.9. The molecule has 0 spiro atoms. The van der Waals surface area contributed by atoms with Crippen LogP contribution in [0.2, 0.25) is 0 Å². The molecule has 244 valence electrons. The molecule has 0 saturated heterocycles. The van der Waals surface area contributed by atoms with E-state index in [4.69, 9.17) is 23.7 Å². The number of hydrogen-bond donors (Lipinski definition) is 0. The number of amides is 2. The van der Waals surface area contributed by atoms with E-state index in [0.29, 0.717) is 54.6 Å². The van der Waals surface area contributed by atoms with Crippen LogP contribution in [0.25, 0.3) is 11.3 Å². The van der Waals surface area contributed by atoms with Crippen LogP contribution in [0.15, 0.2) is 53.5 Å². The molecule has 0 aliphatic carbocycles. The van der Waals surface area contributed by atoms with Gasteiger partial charge in [-0.25, -0.2) is 4.79 Å². The Labute approximate surface area is 268 Å². The zero-order chi connectivity index (χ0) is 33.0. The molecule has 11 heteroatoms. The summed E-state index contributed by atoms with van der Waals surface area (Å²) < 4.78 is 30.1. The van der Waals surface area contributed by atoms with Crippen LogP contribution in [0, 0.1) is 5.41 Å². The van der Waals surface area contributed by atoms with E-state index in [2.05, 4.69) is 20.8 Å². The van der Waals surface area contributed by atoms with E-state index in [0.717, 1.165) is 11.1 Å². The number of aromatic nitrogens is 1. The van der Waals surface area contributed by atoms with Gasteiger partial charge in [0, 0.05) is 23.9 Å². The number of methoxy groups -OCH3 is 1. The van der Waals surface area contributed by atoms with Crippen molar-refractivity contribution in [1.82, 2.24) is 9.47 Å². The van der Waals surface area contributed by atoms with Gasteiger partial charge in [-0.2, -0.15) is 0 Å². The van der Waals surface area contributed by atoms with Gasteiger partial charge in [0.05, 0.1) is 63.5 Å². The topological polar surface area (TPSA) is 123 Å². The lowest BCUT2D eigenvalue weighted by Crippen LogP contribution is -2.33. The maximum absolute atomic E-state index is 13.0. The fraction of sp³-hybridized carbons (Fsp3) is 0.429. The van der Waals surface area contributed by atoms with Crippen LogP contribution in [0.5, 0.6) is 11.5 Å². The van der Waals surface area contributed by atoms with E-state index in [1.807, 2.05) is 16.7 Å². The molecule has 46 heavy (non-hydrogen) atoms. The average Bonchev–Trinajstić information content (AvgIpc) is 3.27. The summed E-state index contributed by atoms with van der Waals surface area (Å²) >= 11 is 0. The zero-order valence-electron chi connectivity index (χ0n) is 26.9. The number of carbonyl (C=O) groups excluding carboxylic acids is 3. The lowest BCUT2D eigenvalue weighted by molar-refractivity contribution is 0.0280. The third-order valence-electron chi connectivity index (χ3n) is 8.18. The Morgan fingerprint density at radius 1 is 0.870 bits per heavy atom.